The molecule has 1 rings (SSSR count). The number of rotatable bonds is 6. The average molecular weight is 270 g/mol. The van der Waals surface area contributed by atoms with Crippen molar-refractivity contribution in [3.05, 3.63) is 0 Å². The lowest BCUT2D eigenvalue weighted by atomic mass is 9.63. The number of hydrogen-bond donors (Lipinski definition) is 1. The second-order valence-electron chi connectivity index (χ2n) is 7.56. The molecule has 0 aromatic rings. The Kier molecular flexibility index (Phi) is 5.84. The van der Waals surface area contributed by atoms with Gasteiger partial charge in [-0.1, -0.05) is 20.8 Å². The van der Waals surface area contributed by atoms with Crippen molar-refractivity contribution in [3.63, 3.8) is 0 Å². The number of methoxy groups -OCH3 is 1. The lowest BCUT2D eigenvalue weighted by Crippen LogP contribution is -2.61. The molecule has 0 saturated heterocycles. The first-order chi connectivity index (χ1) is 8.76. The van der Waals surface area contributed by atoms with Crippen LogP contribution >= 0.6 is 0 Å². The van der Waals surface area contributed by atoms with Crippen molar-refractivity contribution in [2.75, 3.05) is 26.8 Å². The zero-order valence-corrected chi connectivity index (χ0v) is 13.8. The molecule has 1 fully saturated rings. The largest absolute Gasteiger partial charge is 0.383 e. The van der Waals surface area contributed by atoms with Gasteiger partial charge < -0.3 is 10.5 Å². The van der Waals surface area contributed by atoms with E-state index in [1.54, 1.807) is 7.11 Å². The molecule has 0 radical (unpaired) electrons. The van der Waals surface area contributed by atoms with E-state index in [9.17, 15) is 0 Å². The van der Waals surface area contributed by atoms with Gasteiger partial charge in [0.1, 0.15) is 0 Å². The van der Waals surface area contributed by atoms with Crippen molar-refractivity contribution in [1.29, 1.82) is 0 Å². The van der Waals surface area contributed by atoms with E-state index in [4.69, 9.17) is 10.5 Å². The van der Waals surface area contributed by atoms with Crippen LogP contribution < -0.4 is 5.73 Å². The zero-order chi connectivity index (χ0) is 14.7. The fraction of sp³-hybridized carbons (Fsp3) is 1.00. The van der Waals surface area contributed by atoms with Crippen molar-refractivity contribution >= 4 is 0 Å². The van der Waals surface area contributed by atoms with E-state index in [0.717, 1.165) is 25.6 Å². The molecule has 3 nitrogen and oxygen atoms in total. The predicted molar refractivity (Wildman–Crippen MR) is 82.3 cm³/mol. The minimum Gasteiger partial charge on any atom is -0.383 e. The standard InChI is InChI=1S/C16H34N2O/c1-13(2)18(7-8-19-6)16(12-17)10-14(3)9-15(4,5)11-16/h13-14H,7-12,17H2,1-6H3. The Balaban J connectivity index is 2.97. The highest BCUT2D eigenvalue weighted by Crippen LogP contribution is 2.46. The summed E-state index contributed by atoms with van der Waals surface area (Å²) < 4.78 is 5.30. The van der Waals surface area contributed by atoms with Gasteiger partial charge in [0.15, 0.2) is 0 Å². The van der Waals surface area contributed by atoms with Gasteiger partial charge in [0, 0.05) is 31.8 Å². The Morgan fingerprint density at radius 3 is 2.37 bits per heavy atom. The number of nitrogens with zero attached hydrogens (tertiary/aromatic N) is 1. The minimum atomic E-state index is 0.147. The highest BCUT2D eigenvalue weighted by atomic mass is 16.5. The van der Waals surface area contributed by atoms with Gasteiger partial charge in [0.05, 0.1) is 6.61 Å². The molecular weight excluding hydrogens is 236 g/mol. The summed E-state index contributed by atoms with van der Waals surface area (Å²) in [7, 11) is 1.78. The summed E-state index contributed by atoms with van der Waals surface area (Å²) in [5, 5.41) is 0. The van der Waals surface area contributed by atoms with Crippen molar-refractivity contribution in [2.24, 2.45) is 17.1 Å². The third kappa shape index (κ3) is 4.17. The maximum Gasteiger partial charge on any atom is 0.0590 e. The monoisotopic (exact) mass is 270 g/mol. The highest BCUT2D eigenvalue weighted by Gasteiger charge is 2.46. The van der Waals surface area contributed by atoms with E-state index < -0.39 is 0 Å². The fourth-order valence-electron chi connectivity index (χ4n) is 4.42. The van der Waals surface area contributed by atoms with E-state index >= 15 is 0 Å². The van der Waals surface area contributed by atoms with Crippen molar-refractivity contribution in [1.82, 2.24) is 4.90 Å². The van der Waals surface area contributed by atoms with E-state index in [2.05, 4.69) is 39.5 Å². The van der Waals surface area contributed by atoms with Crippen LogP contribution in [0.4, 0.5) is 0 Å². The summed E-state index contributed by atoms with van der Waals surface area (Å²) in [6.07, 6.45) is 3.72. The molecule has 0 aliphatic heterocycles. The molecule has 0 heterocycles. The smallest absolute Gasteiger partial charge is 0.0590 e. The second kappa shape index (κ2) is 6.55. The van der Waals surface area contributed by atoms with Crippen molar-refractivity contribution in [3.8, 4) is 0 Å². The Morgan fingerprint density at radius 1 is 1.32 bits per heavy atom. The third-order valence-electron chi connectivity index (χ3n) is 4.59. The zero-order valence-electron chi connectivity index (χ0n) is 13.8. The van der Waals surface area contributed by atoms with Gasteiger partial charge in [-0.3, -0.25) is 4.90 Å². The van der Waals surface area contributed by atoms with Gasteiger partial charge in [-0.2, -0.15) is 0 Å². The molecule has 1 saturated carbocycles. The molecule has 0 aromatic carbocycles. The molecule has 1 aliphatic carbocycles. The first-order valence-corrected chi connectivity index (χ1v) is 7.72. The summed E-state index contributed by atoms with van der Waals surface area (Å²) in [6.45, 7) is 14.2. The lowest BCUT2D eigenvalue weighted by Gasteiger charge is -2.54. The third-order valence-corrected chi connectivity index (χ3v) is 4.59. The van der Waals surface area contributed by atoms with Crippen LogP contribution in [0.5, 0.6) is 0 Å². The molecule has 0 bridgehead atoms. The molecule has 1 aliphatic rings. The van der Waals surface area contributed by atoms with Crippen LogP contribution in [0.2, 0.25) is 0 Å². The topological polar surface area (TPSA) is 38.5 Å². The summed E-state index contributed by atoms with van der Waals surface area (Å²) >= 11 is 0. The molecule has 0 amide bonds. The molecule has 19 heavy (non-hydrogen) atoms. The van der Waals surface area contributed by atoms with Crippen LogP contribution in [-0.4, -0.2) is 43.3 Å². The lowest BCUT2D eigenvalue weighted by molar-refractivity contribution is -0.0389. The molecule has 2 N–H and O–H groups in total. The van der Waals surface area contributed by atoms with Gasteiger partial charge in [-0.05, 0) is 44.4 Å². The Hall–Kier alpha value is -0.120. The predicted octanol–water partition coefficient (Wildman–Crippen LogP) is 2.89. The van der Waals surface area contributed by atoms with Crippen LogP contribution in [0.25, 0.3) is 0 Å². The normalized spacial score (nSPS) is 31.1. The van der Waals surface area contributed by atoms with Gasteiger partial charge in [-0.25, -0.2) is 0 Å². The Bertz CT molecular complexity index is 278. The summed E-state index contributed by atoms with van der Waals surface area (Å²) in [4.78, 5) is 2.59. The molecule has 3 heteroatoms. The molecule has 0 aromatic heterocycles. The quantitative estimate of drug-likeness (QED) is 0.806. The van der Waals surface area contributed by atoms with E-state index in [1.807, 2.05) is 0 Å². The molecule has 114 valence electrons. The van der Waals surface area contributed by atoms with Crippen LogP contribution in [-0.2, 0) is 4.74 Å². The van der Waals surface area contributed by atoms with Crippen molar-refractivity contribution < 1.29 is 4.74 Å². The average Bonchev–Trinajstić information content (AvgIpc) is 2.26. The van der Waals surface area contributed by atoms with E-state index in [0.29, 0.717) is 11.5 Å². The second-order valence-corrected chi connectivity index (χ2v) is 7.56. The van der Waals surface area contributed by atoms with Gasteiger partial charge in [0.25, 0.3) is 0 Å². The van der Waals surface area contributed by atoms with Crippen molar-refractivity contribution in [2.45, 2.75) is 65.5 Å². The molecule has 0 spiro atoms. The number of hydrogen-bond acceptors (Lipinski definition) is 3. The van der Waals surface area contributed by atoms with Crippen LogP contribution in [0.1, 0.15) is 53.9 Å². The summed E-state index contributed by atoms with van der Waals surface area (Å²) in [6, 6.07) is 0.514. The van der Waals surface area contributed by atoms with Crippen LogP contribution in [0.15, 0.2) is 0 Å². The van der Waals surface area contributed by atoms with Crippen LogP contribution in [0.3, 0.4) is 0 Å². The molecule has 2 unspecified atom stereocenters. The fourth-order valence-corrected chi connectivity index (χ4v) is 4.42. The van der Waals surface area contributed by atoms with E-state index in [1.165, 1.54) is 19.3 Å². The first-order valence-electron chi connectivity index (χ1n) is 7.72. The van der Waals surface area contributed by atoms with Crippen LogP contribution in [0, 0.1) is 11.3 Å². The summed E-state index contributed by atoms with van der Waals surface area (Å²) in [5.41, 5.74) is 6.78. The van der Waals surface area contributed by atoms with Gasteiger partial charge in [0.2, 0.25) is 0 Å². The SMILES string of the molecule is COCCN(C(C)C)C1(CN)CC(C)CC(C)(C)C1. The Labute approximate surface area is 119 Å². The van der Waals surface area contributed by atoms with E-state index in [-0.39, 0.29) is 5.54 Å². The number of nitrogens with two attached hydrogens (primary N) is 1. The van der Waals surface area contributed by atoms with Gasteiger partial charge >= 0.3 is 0 Å². The maximum atomic E-state index is 6.25. The van der Waals surface area contributed by atoms with Gasteiger partial charge in [-0.15, -0.1) is 0 Å². The molecular formula is C16H34N2O. The number of ether oxygens (including phenoxy) is 1. The Morgan fingerprint density at radius 2 is 1.95 bits per heavy atom. The highest BCUT2D eigenvalue weighted by molar-refractivity contribution is 5.02. The minimum absolute atomic E-state index is 0.147. The first kappa shape index (κ1) is 16.9. The summed E-state index contributed by atoms with van der Waals surface area (Å²) in [5.74, 6) is 0.746. The molecule has 2 atom stereocenters. The maximum absolute atomic E-state index is 6.25.